The number of rotatable bonds is 2. The Hall–Kier alpha value is -0.720. The maximum absolute atomic E-state index is 13.7. The van der Waals surface area contributed by atoms with E-state index in [0.717, 1.165) is 37.7 Å². The van der Waals surface area contributed by atoms with Crippen molar-refractivity contribution in [3.63, 3.8) is 0 Å². The summed E-state index contributed by atoms with van der Waals surface area (Å²) in [4.78, 5) is 10.9. The molecule has 0 amide bonds. The van der Waals surface area contributed by atoms with Crippen LogP contribution in [0.5, 0.6) is 0 Å². The topological polar surface area (TPSA) is 26.3 Å². The fraction of sp³-hybridized carbons (Fsp3) is 0.562. The van der Waals surface area contributed by atoms with Crippen molar-refractivity contribution in [1.82, 2.24) is 0 Å². The van der Waals surface area contributed by atoms with Gasteiger partial charge in [0.2, 0.25) is 0 Å². The Bertz CT molecular complexity index is 530. The van der Waals surface area contributed by atoms with Crippen molar-refractivity contribution < 1.29 is 18.3 Å². The molecule has 3 rings (SSSR count). The van der Waals surface area contributed by atoms with Gasteiger partial charge in [0.15, 0.2) is 0 Å². The van der Waals surface area contributed by atoms with Gasteiger partial charge in [-0.05, 0) is 77.8 Å². The molecule has 1 aliphatic carbocycles. The molecule has 0 aromatic heterocycles. The summed E-state index contributed by atoms with van der Waals surface area (Å²) in [7, 11) is 0. The highest BCUT2D eigenvalue weighted by molar-refractivity contribution is 14.1. The van der Waals surface area contributed by atoms with Crippen LogP contribution in [0.3, 0.4) is 0 Å². The van der Waals surface area contributed by atoms with E-state index < -0.39 is 11.6 Å². The molecule has 21 heavy (non-hydrogen) atoms. The van der Waals surface area contributed by atoms with Gasteiger partial charge in [0.05, 0.1) is 9.99 Å². The van der Waals surface area contributed by atoms with Crippen LogP contribution < -0.4 is 0 Å². The van der Waals surface area contributed by atoms with Gasteiger partial charge >= 0.3 is 5.97 Å². The van der Waals surface area contributed by atoms with Crippen molar-refractivity contribution in [2.24, 2.45) is 5.92 Å². The van der Waals surface area contributed by atoms with Crippen LogP contribution in [-0.4, -0.2) is 12.1 Å². The monoisotopic (exact) mass is 406 g/mol. The SMILES string of the molecule is O=C1CC(C2CCCC(c3cc(F)c(I)c(F)c3)CC2)O1. The lowest BCUT2D eigenvalue weighted by molar-refractivity contribution is -0.175. The lowest BCUT2D eigenvalue weighted by Crippen LogP contribution is -2.38. The molecule has 1 saturated heterocycles. The average Bonchev–Trinajstić information content (AvgIpc) is 2.66. The van der Waals surface area contributed by atoms with Crippen LogP contribution in [0.2, 0.25) is 0 Å². The van der Waals surface area contributed by atoms with Gasteiger partial charge in [0.25, 0.3) is 0 Å². The van der Waals surface area contributed by atoms with Crippen LogP contribution in [0, 0.1) is 21.1 Å². The van der Waals surface area contributed by atoms with Crippen LogP contribution in [0.15, 0.2) is 12.1 Å². The molecule has 3 atom stereocenters. The summed E-state index contributed by atoms with van der Waals surface area (Å²) in [6, 6.07) is 2.94. The second kappa shape index (κ2) is 6.18. The summed E-state index contributed by atoms with van der Waals surface area (Å²) in [6.07, 6.45) is 5.44. The van der Waals surface area contributed by atoms with Crippen molar-refractivity contribution in [2.75, 3.05) is 0 Å². The molecule has 0 N–H and O–H groups in total. The van der Waals surface area contributed by atoms with Crippen molar-refractivity contribution >= 4 is 28.6 Å². The highest BCUT2D eigenvalue weighted by Gasteiger charge is 2.36. The smallest absolute Gasteiger partial charge is 0.309 e. The first kappa shape index (κ1) is 15.2. The molecule has 1 saturated carbocycles. The summed E-state index contributed by atoms with van der Waals surface area (Å²) in [5, 5.41) is 0. The van der Waals surface area contributed by atoms with Gasteiger partial charge < -0.3 is 4.74 Å². The fourth-order valence-corrected chi connectivity index (χ4v) is 3.74. The molecule has 1 aromatic rings. The zero-order valence-electron chi connectivity index (χ0n) is 11.6. The molecule has 2 fully saturated rings. The Morgan fingerprint density at radius 1 is 1.10 bits per heavy atom. The van der Waals surface area contributed by atoms with E-state index in [4.69, 9.17) is 4.74 Å². The van der Waals surface area contributed by atoms with E-state index in [2.05, 4.69) is 0 Å². The van der Waals surface area contributed by atoms with Gasteiger partial charge in [-0.3, -0.25) is 4.79 Å². The number of hydrogen-bond donors (Lipinski definition) is 0. The number of esters is 1. The molecule has 0 bridgehead atoms. The number of benzene rings is 1. The minimum absolute atomic E-state index is 0.0595. The van der Waals surface area contributed by atoms with E-state index in [1.807, 2.05) is 0 Å². The molecule has 2 nitrogen and oxygen atoms in total. The van der Waals surface area contributed by atoms with Gasteiger partial charge in [0, 0.05) is 0 Å². The molecule has 3 unspecified atom stereocenters. The largest absolute Gasteiger partial charge is 0.461 e. The summed E-state index contributed by atoms with van der Waals surface area (Å²) in [5.74, 6) is -0.445. The second-order valence-corrected chi connectivity index (χ2v) is 7.07. The van der Waals surface area contributed by atoms with Crippen molar-refractivity contribution in [2.45, 2.75) is 50.5 Å². The van der Waals surface area contributed by atoms with Gasteiger partial charge in [-0.1, -0.05) is 6.42 Å². The third-order valence-electron chi connectivity index (χ3n) is 4.67. The third kappa shape index (κ3) is 3.22. The predicted octanol–water partition coefficient (Wildman–Crippen LogP) is 4.55. The zero-order chi connectivity index (χ0) is 15.0. The summed E-state index contributed by atoms with van der Waals surface area (Å²) < 4.78 is 32.6. The molecule has 1 aromatic carbocycles. The van der Waals surface area contributed by atoms with Gasteiger partial charge in [0.1, 0.15) is 17.7 Å². The van der Waals surface area contributed by atoms with Crippen LogP contribution in [0.25, 0.3) is 0 Å². The Morgan fingerprint density at radius 3 is 2.38 bits per heavy atom. The molecule has 2 aliphatic rings. The lowest BCUT2D eigenvalue weighted by Gasteiger charge is -2.32. The van der Waals surface area contributed by atoms with Crippen LogP contribution in [0.4, 0.5) is 8.78 Å². The first-order valence-corrected chi connectivity index (χ1v) is 8.46. The number of ether oxygens (including phenoxy) is 1. The number of carbonyl (C=O) groups is 1. The summed E-state index contributed by atoms with van der Waals surface area (Å²) in [6.45, 7) is 0. The summed E-state index contributed by atoms with van der Waals surface area (Å²) in [5.41, 5.74) is 0.761. The first-order chi connectivity index (χ1) is 10.0. The van der Waals surface area contributed by atoms with E-state index in [-0.39, 0.29) is 21.6 Å². The van der Waals surface area contributed by atoms with Crippen LogP contribution in [0.1, 0.15) is 50.0 Å². The van der Waals surface area contributed by atoms with E-state index in [9.17, 15) is 13.6 Å². The maximum Gasteiger partial charge on any atom is 0.309 e. The van der Waals surface area contributed by atoms with Crippen molar-refractivity contribution in [1.29, 1.82) is 0 Å². The van der Waals surface area contributed by atoms with Crippen molar-refractivity contribution in [3.05, 3.63) is 32.9 Å². The van der Waals surface area contributed by atoms with Crippen LogP contribution in [-0.2, 0) is 9.53 Å². The molecular formula is C16H17F2IO2. The maximum atomic E-state index is 13.7. The Balaban J connectivity index is 1.68. The highest BCUT2D eigenvalue weighted by Crippen LogP contribution is 2.39. The quantitative estimate of drug-likeness (QED) is 0.312. The minimum atomic E-state index is -0.473. The highest BCUT2D eigenvalue weighted by atomic mass is 127. The van der Waals surface area contributed by atoms with E-state index in [1.54, 1.807) is 22.6 Å². The van der Waals surface area contributed by atoms with Crippen molar-refractivity contribution in [3.8, 4) is 0 Å². The lowest BCUT2D eigenvalue weighted by atomic mass is 9.88. The molecule has 1 aliphatic heterocycles. The fourth-order valence-electron chi connectivity index (χ4n) is 3.43. The number of carbonyl (C=O) groups excluding carboxylic acids is 1. The van der Waals surface area contributed by atoms with E-state index in [0.29, 0.717) is 12.3 Å². The molecular weight excluding hydrogens is 389 g/mol. The predicted molar refractivity (Wildman–Crippen MR) is 82.9 cm³/mol. The second-order valence-electron chi connectivity index (χ2n) is 6.00. The zero-order valence-corrected chi connectivity index (χ0v) is 13.7. The van der Waals surface area contributed by atoms with E-state index >= 15 is 0 Å². The minimum Gasteiger partial charge on any atom is -0.461 e. The Kier molecular flexibility index (Phi) is 4.47. The Morgan fingerprint density at radius 2 is 1.76 bits per heavy atom. The number of hydrogen-bond acceptors (Lipinski definition) is 2. The molecule has 0 spiro atoms. The van der Waals surface area contributed by atoms with Gasteiger partial charge in [-0.25, -0.2) is 8.78 Å². The normalized spacial score (nSPS) is 29.5. The van der Waals surface area contributed by atoms with Crippen LogP contribution >= 0.6 is 22.6 Å². The Labute approximate surface area is 136 Å². The van der Waals surface area contributed by atoms with Gasteiger partial charge in [-0.2, -0.15) is 0 Å². The average molecular weight is 406 g/mol. The van der Waals surface area contributed by atoms with E-state index in [1.165, 1.54) is 12.1 Å². The molecule has 5 heteroatoms. The van der Waals surface area contributed by atoms with Gasteiger partial charge in [-0.15, -0.1) is 0 Å². The number of cyclic esters (lactones) is 1. The molecule has 1 heterocycles. The number of halogens is 3. The summed E-state index contributed by atoms with van der Waals surface area (Å²) >= 11 is 1.69. The molecule has 114 valence electrons. The first-order valence-electron chi connectivity index (χ1n) is 7.38. The third-order valence-corrected chi connectivity index (χ3v) is 5.70. The standard InChI is InChI=1S/C16H17F2IO2/c17-12-6-11(7-13(18)16(12)19)9-2-1-3-10(5-4-9)14-8-15(20)21-14/h6-7,9-10,14H,1-5,8H2. The molecule has 0 radical (unpaired) electrons.